The monoisotopic (exact) mass is 330 g/mol. The minimum Gasteiger partial charge on any atom is -0.347 e. The first-order chi connectivity index (χ1) is 10.9. The molecule has 0 saturated heterocycles. The van der Waals surface area contributed by atoms with Gasteiger partial charge in [-0.2, -0.15) is 0 Å². The maximum atomic E-state index is 11.9. The fourth-order valence-corrected chi connectivity index (χ4v) is 2.31. The van der Waals surface area contributed by atoms with Gasteiger partial charge in [0.25, 0.3) is 0 Å². The maximum absolute atomic E-state index is 11.9. The predicted molar refractivity (Wildman–Crippen MR) is 92.7 cm³/mol. The highest BCUT2D eigenvalue weighted by Crippen LogP contribution is 2.19. The highest BCUT2D eigenvalue weighted by atomic mass is 35.5. The average Bonchev–Trinajstić information content (AvgIpc) is 2.49. The fourth-order valence-electron chi connectivity index (χ4n) is 2.12. The van der Waals surface area contributed by atoms with Gasteiger partial charge in [-0.05, 0) is 37.1 Å². The molecule has 0 radical (unpaired) electrons. The number of hydrogen-bond acceptors (Lipinski definition) is 2. The van der Waals surface area contributed by atoms with Crippen LogP contribution in [0.4, 0.5) is 5.69 Å². The van der Waals surface area contributed by atoms with Crippen LogP contribution in [-0.2, 0) is 16.0 Å². The molecule has 2 aromatic rings. The Hall–Kier alpha value is -2.33. The second-order valence-corrected chi connectivity index (χ2v) is 5.86. The summed E-state index contributed by atoms with van der Waals surface area (Å²) in [6.07, 6.45) is 0.255. The summed E-state index contributed by atoms with van der Waals surface area (Å²) in [7, 11) is 0. The minimum absolute atomic E-state index is 0.0733. The smallest absolute Gasteiger partial charge is 0.243 e. The van der Waals surface area contributed by atoms with Crippen LogP contribution < -0.4 is 10.6 Å². The van der Waals surface area contributed by atoms with Gasteiger partial charge < -0.3 is 10.6 Å². The van der Waals surface area contributed by atoms with Crippen LogP contribution in [0.25, 0.3) is 0 Å². The van der Waals surface area contributed by atoms with Crippen LogP contribution in [0.3, 0.4) is 0 Å². The number of anilines is 1. The third-order valence-electron chi connectivity index (χ3n) is 3.35. The van der Waals surface area contributed by atoms with Crippen LogP contribution >= 0.6 is 11.6 Å². The highest BCUT2D eigenvalue weighted by Gasteiger charge is 2.08. The van der Waals surface area contributed by atoms with Crippen molar-refractivity contribution in [2.75, 3.05) is 11.9 Å². The first kappa shape index (κ1) is 17.0. The Morgan fingerprint density at radius 2 is 1.83 bits per heavy atom. The van der Waals surface area contributed by atoms with Gasteiger partial charge in [0.2, 0.25) is 11.8 Å². The molecule has 0 saturated carbocycles. The van der Waals surface area contributed by atoms with Gasteiger partial charge in [0.05, 0.1) is 13.0 Å². The molecule has 0 aliphatic rings. The first-order valence-corrected chi connectivity index (χ1v) is 7.70. The molecule has 2 aromatic carbocycles. The number of aryl methyl sites for hydroxylation is 2. The zero-order valence-electron chi connectivity index (χ0n) is 13.2. The van der Waals surface area contributed by atoms with Gasteiger partial charge in [-0.1, -0.05) is 47.5 Å². The van der Waals surface area contributed by atoms with Crippen molar-refractivity contribution in [2.24, 2.45) is 0 Å². The molecule has 2 rings (SSSR count). The Labute approximate surface area is 140 Å². The van der Waals surface area contributed by atoms with Gasteiger partial charge in [-0.15, -0.1) is 0 Å². The van der Waals surface area contributed by atoms with Crippen molar-refractivity contribution in [1.29, 1.82) is 0 Å². The van der Waals surface area contributed by atoms with Crippen molar-refractivity contribution in [1.82, 2.24) is 5.32 Å². The minimum atomic E-state index is -0.289. The lowest BCUT2D eigenvalue weighted by Crippen LogP contribution is -2.33. The molecule has 2 amide bonds. The van der Waals surface area contributed by atoms with Gasteiger partial charge in [0, 0.05) is 10.7 Å². The van der Waals surface area contributed by atoms with Crippen LogP contribution in [0.1, 0.15) is 16.7 Å². The van der Waals surface area contributed by atoms with E-state index in [1.807, 2.05) is 44.2 Å². The Morgan fingerprint density at radius 1 is 1.04 bits per heavy atom. The van der Waals surface area contributed by atoms with Crippen LogP contribution in [-0.4, -0.2) is 18.4 Å². The molecule has 23 heavy (non-hydrogen) atoms. The number of carbonyl (C=O) groups is 2. The van der Waals surface area contributed by atoms with E-state index in [0.29, 0.717) is 10.7 Å². The molecular weight excluding hydrogens is 312 g/mol. The molecule has 0 spiro atoms. The van der Waals surface area contributed by atoms with E-state index in [1.165, 1.54) is 0 Å². The van der Waals surface area contributed by atoms with Crippen molar-refractivity contribution >= 4 is 29.1 Å². The molecule has 5 heteroatoms. The van der Waals surface area contributed by atoms with Crippen molar-refractivity contribution in [3.63, 3.8) is 0 Å². The lowest BCUT2D eigenvalue weighted by Gasteiger charge is -2.08. The van der Waals surface area contributed by atoms with Crippen LogP contribution in [0, 0.1) is 13.8 Å². The van der Waals surface area contributed by atoms with Crippen LogP contribution in [0.2, 0.25) is 5.02 Å². The molecule has 0 aliphatic carbocycles. The van der Waals surface area contributed by atoms with Gasteiger partial charge in [0.15, 0.2) is 0 Å². The topological polar surface area (TPSA) is 58.2 Å². The van der Waals surface area contributed by atoms with E-state index >= 15 is 0 Å². The molecule has 0 atom stereocenters. The molecule has 120 valence electrons. The predicted octanol–water partition coefficient (Wildman–Crippen LogP) is 3.25. The van der Waals surface area contributed by atoms with E-state index in [9.17, 15) is 9.59 Å². The molecule has 0 aromatic heterocycles. The molecule has 2 N–H and O–H groups in total. The Bertz CT molecular complexity index is 729. The molecule has 0 unspecified atom stereocenters. The third-order valence-corrected chi connectivity index (χ3v) is 3.76. The average molecular weight is 331 g/mol. The molecular formula is C18H19ClN2O2. The summed E-state index contributed by atoms with van der Waals surface area (Å²) in [5.74, 6) is -0.477. The van der Waals surface area contributed by atoms with E-state index < -0.39 is 0 Å². The van der Waals surface area contributed by atoms with E-state index in [0.717, 1.165) is 16.7 Å². The summed E-state index contributed by atoms with van der Waals surface area (Å²) in [5.41, 5.74) is 3.58. The van der Waals surface area contributed by atoms with E-state index in [4.69, 9.17) is 11.6 Å². The van der Waals surface area contributed by atoms with Crippen molar-refractivity contribution in [3.05, 3.63) is 64.2 Å². The molecule has 0 bridgehead atoms. The summed E-state index contributed by atoms with van der Waals surface area (Å²) in [4.78, 5) is 23.7. The number of nitrogens with one attached hydrogen (secondary N) is 2. The summed E-state index contributed by atoms with van der Waals surface area (Å²) >= 11 is 6.01. The van der Waals surface area contributed by atoms with Gasteiger partial charge >= 0.3 is 0 Å². The zero-order valence-corrected chi connectivity index (χ0v) is 13.9. The van der Waals surface area contributed by atoms with Gasteiger partial charge in [-0.3, -0.25) is 9.59 Å². The molecule has 0 fully saturated rings. The van der Waals surface area contributed by atoms with E-state index in [-0.39, 0.29) is 24.8 Å². The summed E-state index contributed by atoms with van der Waals surface area (Å²) in [5, 5.41) is 5.90. The quantitative estimate of drug-likeness (QED) is 0.884. The summed E-state index contributed by atoms with van der Waals surface area (Å²) in [6.45, 7) is 3.79. The Morgan fingerprint density at radius 3 is 2.52 bits per heavy atom. The highest BCUT2D eigenvalue weighted by molar-refractivity contribution is 6.31. The van der Waals surface area contributed by atoms with E-state index in [1.54, 1.807) is 12.1 Å². The number of benzene rings is 2. The number of rotatable bonds is 5. The van der Waals surface area contributed by atoms with Crippen molar-refractivity contribution in [3.8, 4) is 0 Å². The van der Waals surface area contributed by atoms with Gasteiger partial charge in [0.1, 0.15) is 0 Å². The second-order valence-electron chi connectivity index (χ2n) is 5.45. The standard InChI is InChI=1S/C18H19ClN2O2/c1-12-4-3-5-14(8-12)9-17(22)20-11-18(23)21-15-7-6-13(2)16(19)10-15/h3-8,10H,9,11H2,1-2H3,(H,20,22)(H,21,23). The summed E-state index contributed by atoms with van der Waals surface area (Å²) in [6, 6.07) is 13.0. The number of carbonyl (C=O) groups excluding carboxylic acids is 2. The third kappa shape index (κ3) is 5.42. The SMILES string of the molecule is Cc1cccc(CC(=O)NCC(=O)Nc2ccc(C)c(Cl)c2)c1. The Kier molecular flexibility index (Phi) is 5.77. The number of hydrogen-bond donors (Lipinski definition) is 2. The lowest BCUT2D eigenvalue weighted by molar-refractivity contribution is -0.123. The molecule has 4 nitrogen and oxygen atoms in total. The number of halogens is 1. The van der Waals surface area contributed by atoms with Gasteiger partial charge in [-0.25, -0.2) is 0 Å². The Balaban J connectivity index is 1.81. The normalized spacial score (nSPS) is 10.2. The van der Waals surface area contributed by atoms with Crippen molar-refractivity contribution < 1.29 is 9.59 Å². The van der Waals surface area contributed by atoms with E-state index in [2.05, 4.69) is 10.6 Å². The largest absolute Gasteiger partial charge is 0.347 e. The summed E-state index contributed by atoms with van der Waals surface area (Å²) < 4.78 is 0. The maximum Gasteiger partial charge on any atom is 0.243 e. The zero-order chi connectivity index (χ0) is 16.8. The second kappa shape index (κ2) is 7.79. The first-order valence-electron chi connectivity index (χ1n) is 7.32. The molecule has 0 aliphatic heterocycles. The van der Waals surface area contributed by atoms with Crippen LogP contribution in [0.15, 0.2) is 42.5 Å². The lowest BCUT2D eigenvalue weighted by atomic mass is 10.1. The fraction of sp³-hybridized carbons (Fsp3) is 0.222. The number of amides is 2. The van der Waals surface area contributed by atoms with Crippen molar-refractivity contribution in [2.45, 2.75) is 20.3 Å². The van der Waals surface area contributed by atoms with Crippen LogP contribution in [0.5, 0.6) is 0 Å². The molecule has 0 heterocycles.